The third kappa shape index (κ3) is 3.97. The first-order valence-corrected chi connectivity index (χ1v) is 21.0. The Labute approximate surface area is 347 Å². The maximum Gasteiger partial charge on any atom is 0.0726 e. The average molecular weight is 758 g/mol. The van der Waals surface area contributed by atoms with Gasteiger partial charge in [-0.25, -0.2) is 0 Å². The van der Waals surface area contributed by atoms with Crippen molar-refractivity contribution in [3.05, 3.63) is 235 Å². The average Bonchev–Trinajstić information content (AvgIpc) is 3.78. The second kappa shape index (κ2) is 11.7. The lowest BCUT2D eigenvalue weighted by molar-refractivity contribution is 0.793. The maximum atomic E-state index is 2.52. The Kier molecular flexibility index (Phi) is 6.28. The summed E-state index contributed by atoms with van der Waals surface area (Å²) in [6.07, 6.45) is 0. The molecule has 0 unspecified atom stereocenters. The summed E-state index contributed by atoms with van der Waals surface area (Å²) < 4.78 is 0. The highest BCUT2D eigenvalue weighted by atomic mass is 15.1. The van der Waals surface area contributed by atoms with Crippen LogP contribution >= 0.6 is 0 Å². The van der Waals surface area contributed by atoms with Crippen LogP contribution < -0.4 is 4.90 Å². The zero-order valence-corrected chi connectivity index (χ0v) is 32.7. The Balaban J connectivity index is 1.12. The van der Waals surface area contributed by atoms with E-state index < -0.39 is 5.41 Å². The van der Waals surface area contributed by atoms with E-state index >= 15 is 0 Å². The van der Waals surface area contributed by atoms with Crippen molar-refractivity contribution < 1.29 is 0 Å². The van der Waals surface area contributed by atoms with Gasteiger partial charge in [-0.05, 0) is 129 Å². The lowest BCUT2D eigenvalue weighted by atomic mass is 9.70. The molecule has 0 aromatic heterocycles. The molecule has 14 rings (SSSR count). The van der Waals surface area contributed by atoms with Crippen LogP contribution in [0.4, 0.5) is 17.1 Å². The number of benzene rings is 11. The minimum Gasteiger partial charge on any atom is -0.310 e. The molecule has 0 N–H and O–H groups in total. The van der Waals surface area contributed by atoms with Gasteiger partial charge < -0.3 is 4.90 Å². The van der Waals surface area contributed by atoms with E-state index in [0.717, 1.165) is 11.4 Å². The minimum atomic E-state index is -0.435. The standard InChI is InChI=1S/C59H35N/c1-2-17-39(18-3-1)60(40-32-33-44-43-21-6-9-29-52(43)59(53(44)35-40)50-27-7-4-19-41(50)42-20-5-8-28-51(42)59)54-34-38-16-12-24-46-45-22-10-14-36-30-31-37-15-11-23-47(56(37)55(36)45)48-25-13-26-49(54)58(48)57(38)46/h1-35H. The highest BCUT2D eigenvalue weighted by Crippen LogP contribution is 2.63. The molecule has 276 valence electrons. The monoisotopic (exact) mass is 757 g/mol. The van der Waals surface area contributed by atoms with Gasteiger partial charge in [0.15, 0.2) is 0 Å². The molecule has 12 aromatic carbocycles. The first-order valence-electron chi connectivity index (χ1n) is 21.0. The molecular weight excluding hydrogens is 723 g/mol. The van der Waals surface area contributed by atoms with Crippen molar-refractivity contribution in [3.8, 4) is 22.3 Å². The van der Waals surface area contributed by atoms with Crippen molar-refractivity contribution in [2.45, 2.75) is 5.41 Å². The van der Waals surface area contributed by atoms with E-state index in [1.165, 1.54) is 115 Å². The zero-order chi connectivity index (χ0) is 39.1. The molecular formula is C59H35N. The van der Waals surface area contributed by atoms with Crippen molar-refractivity contribution in [3.63, 3.8) is 0 Å². The van der Waals surface area contributed by atoms with Gasteiger partial charge in [-0.3, -0.25) is 0 Å². The lowest BCUT2D eigenvalue weighted by Gasteiger charge is -2.32. The van der Waals surface area contributed by atoms with E-state index in [1.807, 2.05) is 0 Å². The molecule has 0 atom stereocenters. The Morgan fingerprint density at radius 1 is 0.267 bits per heavy atom. The lowest BCUT2D eigenvalue weighted by Crippen LogP contribution is -2.26. The van der Waals surface area contributed by atoms with Crippen LogP contribution in [0.15, 0.2) is 212 Å². The van der Waals surface area contributed by atoms with Crippen LogP contribution in [0.2, 0.25) is 0 Å². The molecule has 0 fully saturated rings. The highest BCUT2D eigenvalue weighted by molar-refractivity contribution is 6.38. The number of fused-ring (bicyclic) bond motifs is 12. The number of hydrogen-bond acceptors (Lipinski definition) is 1. The van der Waals surface area contributed by atoms with Crippen LogP contribution in [0, 0.1) is 0 Å². The number of hydrogen-bond donors (Lipinski definition) is 0. The van der Waals surface area contributed by atoms with Gasteiger partial charge in [0.25, 0.3) is 0 Å². The van der Waals surface area contributed by atoms with Crippen molar-refractivity contribution in [1.29, 1.82) is 0 Å². The van der Waals surface area contributed by atoms with Crippen LogP contribution in [0.5, 0.6) is 0 Å². The molecule has 1 nitrogen and oxygen atoms in total. The van der Waals surface area contributed by atoms with E-state index in [-0.39, 0.29) is 0 Å². The van der Waals surface area contributed by atoms with E-state index in [9.17, 15) is 0 Å². The number of para-hydroxylation sites is 1. The van der Waals surface area contributed by atoms with E-state index in [4.69, 9.17) is 0 Å². The molecule has 12 aromatic rings. The first-order chi connectivity index (χ1) is 29.8. The molecule has 1 heteroatoms. The molecule has 0 saturated heterocycles. The predicted octanol–water partition coefficient (Wildman–Crippen LogP) is 15.9. The Morgan fingerprint density at radius 3 is 1.30 bits per heavy atom. The topological polar surface area (TPSA) is 3.24 Å². The third-order valence-electron chi connectivity index (χ3n) is 13.9. The summed E-state index contributed by atoms with van der Waals surface area (Å²) in [7, 11) is 0. The van der Waals surface area contributed by atoms with Crippen molar-refractivity contribution in [2.75, 3.05) is 4.90 Å². The smallest absolute Gasteiger partial charge is 0.0726 e. The van der Waals surface area contributed by atoms with Gasteiger partial charge in [-0.2, -0.15) is 0 Å². The van der Waals surface area contributed by atoms with Gasteiger partial charge in [0.05, 0.1) is 11.1 Å². The van der Waals surface area contributed by atoms with Gasteiger partial charge in [0.1, 0.15) is 0 Å². The maximum absolute atomic E-state index is 2.52. The van der Waals surface area contributed by atoms with Gasteiger partial charge in [0, 0.05) is 22.1 Å². The normalized spacial score (nSPS) is 13.5. The van der Waals surface area contributed by atoms with Crippen molar-refractivity contribution in [1.82, 2.24) is 0 Å². The largest absolute Gasteiger partial charge is 0.310 e. The molecule has 2 aliphatic carbocycles. The van der Waals surface area contributed by atoms with Gasteiger partial charge in [-0.1, -0.05) is 182 Å². The summed E-state index contributed by atoms with van der Waals surface area (Å²) in [4.78, 5) is 2.52. The SMILES string of the molecule is c1ccc(N(c2ccc3c(c2)C2(c4ccccc4-c4ccccc42)c2ccccc2-3)c2cc3cccc4c5cccc6ccc7cccc(c8cccc2c8c34)c7c65)cc1. The number of anilines is 3. The molecule has 0 amide bonds. The fraction of sp³-hybridized carbons (Fsp3) is 0.0169. The second-order valence-corrected chi connectivity index (χ2v) is 16.7. The Bertz CT molecular complexity index is 3720. The van der Waals surface area contributed by atoms with Gasteiger partial charge in [-0.15, -0.1) is 0 Å². The summed E-state index contributed by atoms with van der Waals surface area (Å²) in [6, 6.07) is 80.0. The fourth-order valence-electron chi connectivity index (χ4n) is 11.7. The number of rotatable bonds is 3. The van der Waals surface area contributed by atoms with E-state index in [2.05, 4.69) is 217 Å². The van der Waals surface area contributed by atoms with Crippen LogP contribution in [0.25, 0.3) is 86.9 Å². The first kappa shape index (κ1) is 32.2. The molecule has 60 heavy (non-hydrogen) atoms. The van der Waals surface area contributed by atoms with Crippen LogP contribution in [-0.4, -0.2) is 0 Å². The summed E-state index contributed by atoms with van der Waals surface area (Å²) in [5.74, 6) is 0. The van der Waals surface area contributed by atoms with Crippen LogP contribution in [0.1, 0.15) is 22.3 Å². The fourth-order valence-corrected chi connectivity index (χ4v) is 11.7. The highest BCUT2D eigenvalue weighted by Gasteiger charge is 2.51. The summed E-state index contributed by atoms with van der Waals surface area (Å²) >= 11 is 0. The number of nitrogens with zero attached hydrogens (tertiary/aromatic N) is 1. The molecule has 1 spiro atoms. The summed E-state index contributed by atoms with van der Waals surface area (Å²) in [5, 5.41) is 15.4. The molecule has 0 heterocycles. The van der Waals surface area contributed by atoms with Crippen molar-refractivity contribution in [2.24, 2.45) is 0 Å². The predicted molar refractivity (Wildman–Crippen MR) is 254 cm³/mol. The van der Waals surface area contributed by atoms with Gasteiger partial charge >= 0.3 is 0 Å². The minimum absolute atomic E-state index is 0.435. The van der Waals surface area contributed by atoms with Crippen LogP contribution in [0.3, 0.4) is 0 Å². The molecule has 0 aliphatic heterocycles. The zero-order valence-electron chi connectivity index (χ0n) is 32.7. The van der Waals surface area contributed by atoms with Gasteiger partial charge in [0.2, 0.25) is 0 Å². The molecule has 2 aliphatic rings. The molecule has 0 bridgehead atoms. The Morgan fingerprint density at radius 2 is 0.717 bits per heavy atom. The van der Waals surface area contributed by atoms with E-state index in [0.29, 0.717) is 0 Å². The van der Waals surface area contributed by atoms with Crippen molar-refractivity contribution >= 4 is 81.7 Å². The molecule has 0 saturated carbocycles. The summed E-state index contributed by atoms with van der Waals surface area (Å²) in [5.41, 5.74) is 13.6. The quantitative estimate of drug-likeness (QED) is 0.162. The van der Waals surface area contributed by atoms with E-state index in [1.54, 1.807) is 0 Å². The second-order valence-electron chi connectivity index (χ2n) is 16.7. The Hall–Kier alpha value is -7.74. The van der Waals surface area contributed by atoms with Crippen LogP contribution in [-0.2, 0) is 5.41 Å². The third-order valence-corrected chi connectivity index (χ3v) is 13.9. The summed E-state index contributed by atoms with van der Waals surface area (Å²) in [6.45, 7) is 0. The molecule has 0 radical (unpaired) electrons.